The second-order valence-corrected chi connectivity index (χ2v) is 3.57. The lowest BCUT2D eigenvalue weighted by Crippen LogP contribution is -2.30. The molecule has 0 aliphatic rings. The molecule has 0 unspecified atom stereocenters. The minimum absolute atomic E-state index is 0.300. The molecule has 80 valence electrons. The number of rotatable bonds is 3. The predicted molar refractivity (Wildman–Crippen MR) is 63.8 cm³/mol. The topological polar surface area (TPSA) is 24.1 Å². The van der Waals surface area contributed by atoms with Crippen molar-refractivity contribution >= 4 is 6.08 Å². The first-order chi connectivity index (χ1) is 7.84. The molecule has 0 fully saturated rings. The molecule has 1 aromatic heterocycles. The molecule has 2 heteroatoms. The third kappa shape index (κ3) is 2.95. The van der Waals surface area contributed by atoms with Gasteiger partial charge in [-0.1, -0.05) is 24.3 Å². The minimum atomic E-state index is 0.300. The quantitative estimate of drug-likeness (QED) is 0.776. The molecule has 0 saturated heterocycles. The molecule has 0 radical (unpaired) electrons. The maximum atomic E-state index is 9.29. The van der Waals surface area contributed by atoms with Crippen molar-refractivity contribution in [1.82, 2.24) is 0 Å². The lowest BCUT2D eigenvalue weighted by molar-refractivity contribution is -0.686. The molecule has 1 aromatic carbocycles. The Morgan fingerprint density at radius 1 is 1.06 bits per heavy atom. The summed E-state index contributed by atoms with van der Waals surface area (Å²) in [5, 5.41) is 9.29. The van der Waals surface area contributed by atoms with E-state index >= 15 is 0 Å². The molecule has 1 N–H and O–H groups in total. The van der Waals surface area contributed by atoms with Gasteiger partial charge < -0.3 is 5.11 Å². The van der Waals surface area contributed by atoms with Crippen LogP contribution in [0.5, 0.6) is 5.75 Å². The number of benzene rings is 1. The van der Waals surface area contributed by atoms with Gasteiger partial charge in [0.1, 0.15) is 5.75 Å². The number of phenols is 1. The van der Waals surface area contributed by atoms with Gasteiger partial charge in [-0.3, -0.25) is 0 Å². The normalized spacial score (nSPS) is 10.8. The summed E-state index contributed by atoms with van der Waals surface area (Å²) in [6.07, 6.45) is 8.11. The van der Waals surface area contributed by atoms with Crippen LogP contribution >= 0.6 is 0 Å². The van der Waals surface area contributed by atoms with Gasteiger partial charge in [-0.25, -0.2) is 4.57 Å². The molecule has 1 heterocycles. The number of nitrogens with zero attached hydrogens (tertiary/aromatic N) is 1. The summed E-state index contributed by atoms with van der Waals surface area (Å²) in [5.74, 6) is 0.300. The highest BCUT2D eigenvalue weighted by molar-refractivity contribution is 5.51. The van der Waals surface area contributed by atoms with Crippen LogP contribution in [0.2, 0.25) is 0 Å². The zero-order chi connectivity index (χ0) is 11.2. The van der Waals surface area contributed by atoms with Crippen LogP contribution in [0.15, 0.2) is 60.9 Å². The maximum absolute atomic E-state index is 9.29. The molecule has 2 nitrogen and oxygen atoms in total. The van der Waals surface area contributed by atoms with Crippen molar-refractivity contribution in [3.8, 4) is 5.75 Å². The van der Waals surface area contributed by atoms with E-state index < -0.39 is 0 Å². The summed E-state index contributed by atoms with van der Waals surface area (Å²) in [5.41, 5.74) is 1.01. The summed E-state index contributed by atoms with van der Waals surface area (Å²) in [7, 11) is 0. The van der Waals surface area contributed by atoms with Gasteiger partial charge in [-0.15, -0.1) is 0 Å². The Morgan fingerprint density at radius 2 is 1.88 bits per heavy atom. The summed E-state index contributed by atoms with van der Waals surface area (Å²) >= 11 is 0. The maximum Gasteiger partial charge on any atom is 0.169 e. The van der Waals surface area contributed by atoms with E-state index in [0.717, 1.165) is 12.1 Å². The SMILES string of the molecule is Oc1cccc(C=CC[n+]2ccccc2)c1. The molecule has 0 saturated carbocycles. The van der Waals surface area contributed by atoms with Crippen LogP contribution in [-0.4, -0.2) is 5.11 Å². The molecule has 0 atom stereocenters. The van der Waals surface area contributed by atoms with E-state index in [1.165, 1.54) is 0 Å². The van der Waals surface area contributed by atoms with E-state index in [1.807, 2.05) is 48.8 Å². The lowest BCUT2D eigenvalue weighted by atomic mass is 10.2. The number of allylic oxidation sites excluding steroid dienone is 1. The van der Waals surface area contributed by atoms with Crippen LogP contribution in [0, 0.1) is 0 Å². The predicted octanol–water partition coefficient (Wildman–Crippen LogP) is 2.39. The Bertz CT molecular complexity index is 477. The van der Waals surface area contributed by atoms with E-state index in [-0.39, 0.29) is 0 Å². The first-order valence-corrected chi connectivity index (χ1v) is 5.24. The van der Waals surface area contributed by atoms with Gasteiger partial charge in [0.05, 0.1) is 0 Å². The molecule has 0 amide bonds. The van der Waals surface area contributed by atoms with E-state index in [9.17, 15) is 5.11 Å². The standard InChI is InChI=1S/C14H13NO/c16-14-8-4-6-13(12-14)7-5-11-15-9-2-1-3-10-15/h1-10,12H,11H2/p+1. The Morgan fingerprint density at radius 3 is 2.62 bits per heavy atom. The second kappa shape index (κ2) is 5.12. The number of phenolic OH excluding ortho intramolecular Hbond substituents is 1. The Labute approximate surface area is 95.1 Å². The van der Waals surface area contributed by atoms with Gasteiger partial charge >= 0.3 is 0 Å². The largest absolute Gasteiger partial charge is 0.508 e. The number of hydrogen-bond acceptors (Lipinski definition) is 1. The van der Waals surface area contributed by atoms with Crippen LogP contribution in [0.1, 0.15) is 5.56 Å². The van der Waals surface area contributed by atoms with Crippen LogP contribution in [0.3, 0.4) is 0 Å². The fourth-order valence-electron chi connectivity index (χ4n) is 1.50. The number of hydrogen-bond donors (Lipinski definition) is 1. The van der Waals surface area contributed by atoms with E-state index in [2.05, 4.69) is 10.6 Å². The molecular weight excluding hydrogens is 198 g/mol. The zero-order valence-corrected chi connectivity index (χ0v) is 8.95. The molecule has 2 rings (SSSR count). The summed E-state index contributed by atoms with van der Waals surface area (Å²) in [4.78, 5) is 0. The number of pyridine rings is 1. The fourth-order valence-corrected chi connectivity index (χ4v) is 1.50. The van der Waals surface area contributed by atoms with Crippen molar-refractivity contribution in [2.24, 2.45) is 0 Å². The van der Waals surface area contributed by atoms with E-state index in [1.54, 1.807) is 12.1 Å². The third-order valence-electron chi connectivity index (χ3n) is 2.27. The summed E-state index contributed by atoms with van der Waals surface area (Å²) in [6, 6.07) is 13.2. The highest BCUT2D eigenvalue weighted by Crippen LogP contribution is 2.11. The minimum Gasteiger partial charge on any atom is -0.508 e. The molecule has 0 aliphatic carbocycles. The van der Waals surface area contributed by atoms with Crippen molar-refractivity contribution in [3.63, 3.8) is 0 Å². The van der Waals surface area contributed by atoms with Crippen LogP contribution in [0.25, 0.3) is 6.08 Å². The Balaban J connectivity index is 2.00. The first kappa shape index (κ1) is 10.4. The first-order valence-electron chi connectivity index (χ1n) is 5.24. The van der Waals surface area contributed by atoms with Crippen molar-refractivity contribution in [3.05, 3.63) is 66.5 Å². The smallest absolute Gasteiger partial charge is 0.169 e. The van der Waals surface area contributed by atoms with Gasteiger partial charge in [-0.05, 0) is 23.8 Å². The van der Waals surface area contributed by atoms with Gasteiger partial charge in [0.15, 0.2) is 18.9 Å². The fraction of sp³-hybridized carbons (Fsp3) is 0.0714. The molecular formula is C14H14NO+. The monoisotopic (exact) mass is 212 g/mol. The Hall–Kier alpha value is -2.09. The van der Waals surface area contributed by atoms with Gasteiger partial charge in [0, 0.05) is 12.1 Å². The average Bonchev–Trinajstić information content (AvgIpc) is 2.30. The van der Waals surface area contributed by atoms with Crippen molar-refractivity contribution < 1.29 is 9.67 Å². The number of aromatic hydroxyl groups is 1. The third-order valence-corrected chi connectivity index (χ3v) is 2.27. The summed E-state index contributed by atoms with van der Waals surface area (Å²) in [6.45, 7) is 0.830. The second-order valence-electron chi connectivity index (χ2n) is 3.57. The van der Waals surface area contributed by atoms with Gasteiger partial charge in [-0.2, -0.15) is 0 Å². The zero-order valence-electron chi connectivity index (χ0n) is 8.95. The lowest BCUT2D eigenvalue weighted by Gasteiger charge is -1.94. The highest BCUT2D eigenvalue weighted by atomic mass is 16.3. The highest BCUT2D eigenvalue weighted by Gasteiger charge is 1.93. The molecule has 0 aliphatic heterocycles. The van der Waals surface area contributed by atoms with Crippen molar-refractivity contribution in [2.45, 2.75) is 6.54 Å². The van der Waals surface area contributed by atoms with Gasteiger partial charge in [0.2, 0.25) is 0 Å². The van der Waals surface area contributed by atoms with E-state index in [4.69, 9.17) is 0 Å². The van der Waals surface area contributed by atoms with E-state index in [0.29, 0.717) is 5.75 Å². The number of aromatic nitrogens is 1. The van der Waals surface area contributed by atoms with Gasteiger partial charge in [0.25, 0.3) is 0 Å². The molecule has 0 spiro atoms. The van der Waals surface area contributed by atoms with Crippen molar-refractivity contribution in [2.75, 3.05) is 0 Å². The van der Waals surface area contributed by atoms with Crippen LogP contribution in [-0.2, 0) is 6.54 Å². The summed E-state index contributed by atoms with van der Waals surface area (Å²) < 4.78 is 2.08. The van der Waals surface area contributed by atoms with Crippen molar-refractivity contribution in [1.29, 1.82) is 0 Å². The molecule has 16 heavy (non-hydrogen) atoms. The molecule has 2 aromatic rings. The van der Waals surface area contributed by atoms with Crippen LogP contribution < -0.4 is 4.57 Å². The molecule has 0 bridgehead atoms. The van der Waals surface area contributed by atoms with Crippen LogP contribution in [0.4, 0.5) is 0 Å². The average molecular weight is 212 g/mol. The Kier molecular flexibility index (Phi) is 3.34.